The lowest BCUT2D eigenvalue weighted by Gasteiger charge is -2.22. The molecule has 1 aliphatic rings. The molecule has 2 aromatic carbocycles. The van der Waals surface area contributed by atoms with Gasteiger partial charge < -0.3 is 16.0 Å². The summed E-state index contributed by atoms with van der Waals surface area (Å²) in [6, 6.07) is 13.9. The molecule has 7 heteroatoms. The molecule has 3 rings (SSSR count). The van der Waals surface area contributed by atoms with E-state index < -0.39 is 6.04 Å². The van der Waals surface area contributed by atoms with Crippen molar-refractivity contribution in [3.63, 3.8) is 0 Å². The fourth-order valence-electron chi connectivity index (χ4n) is 3.84. The number of hydrogen-bond acceptors (Lipinski definition) is 3. The van der Waals surface area contributed by atoms with Crippen LogP contribution < -0.4 is 16.0 Å². The number of anilines is 1. The van der Waals surface area contributed by atoms with Crippen molar-refractivity contribution >= 4 is 35.0 Å². The average Bonchev–Trinajstić information content (AvgIpc) is 2.86. The Balaban J connectivity index is 1.48. The van der Waals surface area contributed by atoms with Crippen molar-refractivity contribution in [2.45, 2.75) is 45.1 Å². The van der Waals surface area contributed by atoms with E-state index in [1.54, 1.807) is 24.3 Å². The van der Waals surface area contributed by atoms with Crippen LogP contribution in [0.4, 0.5) is 5.69 Å². The summed E-state index contributed by atoms with van der Waals surface area (Å²) >= 11 is 5.98. The molecule has 0 fully saturated rings. The van der Waals surface area contributed by atoms with Gasteiger partial charge in [0.2, 0.25) is 11.8 Å². The quantitative estimate of drug-likeness (QED) is 0.575. The number of rotatable bonds is 8. The van der Waals surface area contributed by atoms with Gasteiger partial charge in [0.25, 0.3) is 5.91 Å². The van der Waals surface area contributed by atoms with Crippen molar-refractivity contribution in [2.75, 3.05) is 11.9 Å². The topological polar surface area (TPSA) is 87.3 Å². The second kappa shape index (κ2) is 10.4. The first kappa shape index (κ1) is 22.8. The fourth-order valence-corrected chi connectivity index (χ4v) is 3.97. The minimum Gasteiger partial charge on any atom is -0.356 e. The van der Waals surface area contributed by atoms with Gasteiger partial charge in [-0.05, 0) is 54.5 Å². The van der Waals surface area contributed by atoms with Crippen LogP contribution in [0.5, 0.6) is 0 Å². The Bertz CT molecular complexity index is 943. The summed E-state index contributed by atoms with van der Waals surface area (Å²) in [5.41, 5.74) is 2.11. The van der Waals surface area contributed by atoms with E-state index in [0.717, 1.165) is 6.42 Å². The number of para-hydroxylation sites is 1. The van der Waals surface area contributed by atoms with Crippen LogP contribution in [-0.4, -0.2) is 30.3 Å². The van der Waals surface area contributed by atoms with Gasteiger partial charge in [-0.25, -0.2) is 0 Å². The lowest BCUT2D eigenvalue weighted by atomic mass is 9.86. The Morgan fingerprint density at radius 2 is 1.81 bits per heavy atom. The lowest BCUT2D eigenvalue weighted by Crippen LogP contribution is -2.42. The summed E-state index contributed by atoms with van der Waals surface area (Å²) in [6.07, 6.45) is 1.20. The fraction of sp³-hybridized carbons (Fsp3) is 0.375. The maximum atomic E-state index is 12.4. The third kappa shape index (κ3) is 6.07. The largest absolute Gasteiger partial charge is 0.356 e. The number of benzene rings is 2. The van der Waals surface area contributed by atoms with Gasteiger partial charge in [-0.15, -0.1) is 0 Å². The minimum atomic E-state index is -0.747. The van der Waals surface area contributed by atoms with Crippen molar-refractivity contribution < 1.29 is 14.4 Å². The normalized spacial score (nSPS) is 16.7. The monoisotopic (exact) mass is 441 g/mol. The van der Waals surface area contributed by atoms with Crippen LogP contribution in [0.15, 0.2) is 48.5 Å². The summed E-state index contributed by atoms with van der Waals surface area (Å²) in [5.74, 6) is -0.0363. The van der Waals surface area contributed by atoms with Gasteiger partial charge >= 0.3 is 0 Å². The number of carbonyl (C=O) groups is 3. The zero-order valence-electron chi connectivity index (χ0n) is 17.8. The molecular weight excluding hydrogens is 414 g/mol. The molecule has 3 N–H and O–H groups in total. The van der Waals surface area contributed by atoms with Gasteiger partial charge in [0.1, 0.15) is 6.04 Å². The second-order valence-corrected chi connectivity index (χ2v) is 8.58. The van der Waals surface area contributed by atoms with Crippen LogP contribution >= 0.6 is 11.6 Å². The second-order valence-electron chi connectivity index (χ2n) is 8.14. The number of nitrogens with one attached hydrogen (secondary N) is 3. The van der Waals surface area contributed by atoms with E-state index in [4.69, 9.17) is 11.6 Å². The van der Waals surface area contributed by atoms with Crippen molar-refractivity contribution in [2.24, 2.45) is 5.92 Å². The van der Waals surface area contributed by atoms with E-state index >= 15 is 0 Å². The summed E-state index contributed by atoms with van der Waals surface area (Å²) in [6.45, 7) is 4.86. The highest BCUT2D eigenvalue weighted by molar-refractivity contribution is 6.30. The highest BCUT2D eigenvalue weighted by Crippen LogP contribution is 2.28. The smallest absolute Gasteiger partial charge is 0.254 e. The molecule has 0 spiro atoms. The molecule has 0 aliphatic carbocycles. The van der Waals surface area contributed by atoms with Gasteiger partial charge in [-0.2, -0.15) is 0 Å². The van der Waals surface area contributed by atoms with Gasteiger partial charge in [0.15, 0.2) is 0 Å². The zero-order chi connectivity index (χ0) is 22.4. The molecule has 0 radical (unpaired) electrons. The zero-order valence-corrected chi connectivity index (χ0v) is 18.5. The molecule has 6 nitrogen and oxygen atoms in total. The van der Waals surface area contributed by atoms with Crippen LogP contribution in [0.3, 0.4) is 0 Å². The summed E-state index contributed by atoms with van der Waals surface area (Å²) in [7, 11) is 0. The first-order chi connectivity index (χ1) is 14.8. The van der Waals surface area contributed by atoms with Crippen LogP contribution in [0.2, 0.25) is 5.02 Å². The summed E-state index contributed by atoms with van der Waals surface area (Å²) in [4.78, 5) is 37.1. The van der Waals surface area contributed by atoms with E-state index in [2.05, 4.69) is 29.8 Å². The molecule has 1 aliphatic heterocycles. The minimum absolute atomic E-state index is 0.137. The molecule has 164 valence electrons. The third-order valence-corrected chi connectivity index (χ3v) is 5.84. The number of fused-ring (bicyclic) bond motifs is 1. The SMILES string of the molecule is CC(C)C(CCNC(=O)CC[C@@H]1NC(=O)c2ccccc2NC1=O)c1ccc(Cl)cc1. The first-order valence-corrected chi connectivity index (χ1v) is 11.0. The highest BCUT2D eigenvalue weighted by atomic mass is 35.5. The average molecular weight is 442 g/mol. The van der Waals surface area contributed by atoms with Crippen LogP contribution in [0.25, 0.3) is 0 Å². The molecule has 0 bridgehead atoms. The Morgan fingerprint density at radius 3 is 2.52 bits per heavy atom. The Kier molecular flexibility index (Phi) is 7.69. The molecule has 2 atom stereocenters. The van der Waals surface area contributed by atoms with Gasteiger partial charge in [-0.1, -0.05) is 49.7 Å². The Morgan fingerprint density at radius 1 is 1.10 bits per heavy atom. The van der Waals surface area contributed by atoms with E-state index in [9.17, 15) is 14.4 Å². The van der Waals surface area contributed by atoms with E-state index in [-0.39, 0.29) is 30.6 Å². The van der Waals surface area contributed by atoms with Crippen LogP contribution in [0, 0.1) is 5.92 Å². The maximum Gasteiger partial charge on any atom is 0.254 e. The molecule has 0 saturated carbocycles. The predicted octanol–water partition coefficient (Wildman–Crippen LogP) is 4.12. The first-order valence-electron chi connectivity index (χ1n) is 10.6. The highest BCUT2D eigenvalue weighted by Gasteiger charge is 2.27. The number of amides is 3. The molecule has 31 heavy (non-hydrogen) atoms. The third-order valence-electron chi connectivity index (χ3n) is 5.59. The molecule has 3 amide bonds. The lowest BCUT2D eigenvalue weighted by molar-refractivity contribution is -0.121. The standard InChI is InChI=1S/C24H28ClN3O3/c1-15(2)18(16-7-9-17(25)10-8-16)13-14-26-22(29)12-11-21-24(31)27-20-6-4-3-5-19(20)23(30)28-21/h3-10,15,18,21H,11-14H2,1-2H3,(H,26,29)(H,27,31)(H,28,30)/t18?,21-/m0/s1. The molecule has 1 heterocycles. The molecule has 0 saturated heterocycles. The van der Waals surface area contributed by atoms with Crippen LogP contribution in [0.1, 0.15) is 54.9 Å². The predicted molar refractivity (Wildman–Crippen MR) is 122 cm³/mol. The van der Waals surface area contributed by atoms with Gasteiger partial charge in [0, 0.05) is 18.0 Å². The maximum absolute atomic E-state index is 12.4. The molecular formula is C24H28ClN3O3. The number of carbonyl (C=O) groups excluding carboxylic acids is 3. The summed E-state index contributed by atoms with van der Waals surface area (Å²) in [5, 5.41) is 9.11. The number of hydrogen-bond donors (Lipinski definition) is 3. The van der Waals surface area contributed by atoms with Crippen LogP contribution in [-0.2, 0) is 9.59 Å². The van der Waals surface area contributed by atoms with Crippen molar-refractivity contribution in [3.05, 3.63) is 64.7 Å². The van der Waals surface area contributed by atoms with Gasteiger partial charge in [0.05, 0.1) is 11.3 Å². The molecule has 0 aromatic heterocycles. The van der Waals surface area contributed by atoms with Gasteiger partial charge in [-0.3, -0.25) is 14.4 Å². The van der Waals surface area contributed by atoms with E-state index in [0.29, 0.717) is 34.7 Å². The van der Waals surface area contributed by atoms with Crippen molar-refractivity contribution in [1.82, 2.24) is 10.6 Å². The molecule has 1 unspecified atom stereocenters. The van der Waals surface area contributed by atoms with E-state index in [1.807, 2.05) is 24.3 Å². The Hall–Kier alpha value is -2.86. The molecule has 2 aromatic rings. The van der Waals surface area contributed by atoms with Crippen molar-refractivity contribution in [1.29, 1.82) is 0 Å². The Labute approximate surface area is 187 Å². The van der Waals surface area contributed by atoms with E-state index in [1.165, 1.54) is 5.56 Å². The number of halogens is 1. The summed E-state index contributed by atoms with van der Waals surface area (Å²) < 4.78 is 0. The van der Waals surface area contributed by atoms with Crippen molar-refractivity contribution in [3.8, 4) is 0 Å².